The van der Waals surface area contributed by atoms with Crippen LogP contribution in [0.2, 0.25) is 0 Å². The molecule has 8 heteroatoms. The van der Waals surface area contributed by atoms with Gasteiger partial charge in [-0.05, 0) is 41.5 Å². The Morgan fingerprint density at radius 1 is 0.971 bits per heavy atom. The van der Waals surface area contributed by atoms with Crippen molar-refractivity contribution in [1.82, 2.24) is 14.5 Å². The lowest BCUT2D eigenvalue weighted by Crippen LogP contribution is -2.39. The smallest absolute Gasteiger partial charge is 0.261 e. The number of benzene rings is 2. The zero-order valence-electron chi connectivity index (χ0n) is 19.5. The molecule has 6 rings (SSSR count). The van der Waals surface area contributed by atoms with Crippen molar-refractivity contribution < 1.29 is 14.6 Å². The van der Waals surface area contributed by atoms with Crippen LogP contribution in [0.4, 0.5) is 5.82 Å². The molecule has 2 saturated heterocycles. The lowest BCUT2D eigenvalue weighted by Gasteiger charge is -2.29. The Morgan fingerprint density at radius 3 is 2.57 bits per heavy atom. The maximum atomic E-state index is 13.6. The molecule has 0 spiro atoms. The number of nitrogens with zero attached hydrogens (tertiary/aromatic N) is 4. The fourth-order valence-corrected chi connectivity index (χ4v) is 5.19. The van der Waals surface area contributed by atoms with Crippen molar-refractivity contribution in [3.63, 3.8) is 0 Å². The Balaban J connectivity index is 1.40. The molecule has 2 aliphatic rings. The van der Waals surface area contributed by atoms with Crippen molar-refractivity contribution in [3.8, 4) is 0 Å². The van der Waals surface area contributed by atoms with Gasteiger partial charge in [0.25, 0.3) is 5.56 Å². The highest BCUT2D eigenvalue weighted by atomic mass is 16.5. The molecule has 0 radical (unpaired) electrons. The van der Waals surface area contributed by atoms with Crippen LogP contribution < -0.4 is 10.5 Å². The minimum atomic E-state index is -0.725. The molecule has 0 unspecified atom stereocenters. The van der Waals surface area contributed by atoms with Gasteiger partial charge in [0.2, 0.25) is 0 Å². The summed E-state index contributed by atoms with van der Waals surface area (Å²) in [5.74, 6) is 0.961. The van der Waals surface area contributed by atoms with Crippen LogP contribution >= 0.6 is 0 Å². The third-order valence-electron chi connectivity index (χ3n) is 7.06. The molecule has 2 aromatic heterocycles. The Bertz CT molecular complexity index is 1410. The fraction of sp³-hybridized carbons (Fsp3) is 0.370. The molecule has 1 N–H and O–H groups in total. The molecule has 0 saturated carbocycles. The number of aliphatic hydroxyl groups is 1. The molecule has 4 aromatic rings. The molecule has 0 aliphatic carbocycles. The number of ether oxygens (including phenoxy) is 2. The van der Waals surface area contributed by atoms with Gasteiger partial charge in [-0.3, -0.25) is 9.36 Å². The summed E-state index contributed by atoms with van der Waals surface area (Å²) in [7, 11) is 0. The number of aliphatic hydroxyl groups excluding tert-OH is 1. The molecule has 2 aromatic carbocycles. The number of hydrogen-bond donors (Lipinski definition) is 1. The lowest BCUT2D eigenvalue weighted by atomic mass is 9.96. The highest BCUT2D eigenvalue weighted by Gasteiger charge is 2.27. The first kappa shape index (κ1) is 22.2. The molecule has 180 valence electrons. The summed E-state index contributed by atoms with van der Waals surface area (Å²) < 4.78 is 12.4. The van der Waals surface area contributed by atoms with Gasteiger partial charge < -0.3 is 19.5 Å². The summed E-state index contributed by atoms with van der Waals surface area (Å²) in [5, 5.41) is 13.0. The second kappa shape index (κ2) is 9.37. The molecular formula is C27H28N4O4. The zero-order valence-corrected chi connectivity index (χ0v) is 19.5. The quantitative estimate of drug-likeness (QED) is 0.457. The third-order valence-corrected chi connectivity index (χ3v) is 7.06. The van der Waals surface area contributed by atoms with Crippen molar-refractivity contribution in [2.24, 2.45) is 0 Å². The van der Waals surface area contributed by atoms with Gasteiger partial charge in [-0.15, -0.1) is 0 Å². The van der Waals surface area contributed by atoms with Crippen molar-refractivity contribution >= 4 is 27.5 Å². The van der Waals surface area contributed by atoms with Crippen molar-refractivity contribution in [2.75, 3.05) is 44.4 Å². The first-order valence-corrected chi connectivity index (χ1v) is 12.1. The van der Waals surface area contributed by atoms with Crippen LogP contribution in [0.5, 0.6) is 0 Å². The van der Waals surface area contributed by atoms with E-state index in [0.717, 1.165) is 54.0 Å². The van der Waals surface area contributed by atoms with E-state index in [1.807, 2.05) is 30.5 Å². The van der Waals surface area contributed by atoms with Crippen LogP contribution in [0.3, 0.4) is 0 Å². The number of aromatic nitrogens is 3. The normalized spacial score (nSPS) is 21.0. The minimum Gasteiger partial charge on any atom is -0.389 e. The van der Waals surface area contributed by atoms with E-state index in [9.17, 15) is 9.90 Å². The number of hydrogen-bond acceptors (Lipinski definition) is 7. The molecule has 35 heavy (non-hydrogen) atoms. The average Bonchev–Trinajstić information content (AvgIpc) is 2.91. The highest BCUT2D eigenvalue weighted by molar-refractivity contribution is 6.06. The Labute approximate surface area is 202 Å². The molecular weight excluding hydrogens is 444 g/mol. The first-order chi connectivity index (χ1) is 17.2. The van der Waals surface area contributed by atoms with Gasteiger partial charge in [-0.2, -0.15) is 0 Å². The van der Waals surface area contributed by atoms with Gasteiger partial charge in [-0.25, -0.2) is 9.97 Å². The topological polar surface area (TPSA) is 89.7 Å². The van der Waals surface area contributed by atoms with Gasteiger partial charge in [0.1, 0.15) is 5.82 Å². The van der Waals surface area contributed by atoms with E-state index in [-0.39, 0.29) is 18.2 Å². The molecule has 2 fully saturated rings. The van der Waals surface area contributed by atoms with Gasteiger partial charge in [0, 0.05) is 31.3 Å². The predicted octanol–water partition coefficient (Wildman–Crippen LogP) is 2.69. The van der Waals surface area contributed by atoms with Crippen molar-refractivity contribution in [2.45, 2.75) is 25.0 Å². The molecule has 8 nitrogen and oxygen atoms in total. The van der Waals surface area contributed by atoms with E-state index in [0.29, 0.717) is 30.4 Å². The van der Waals surface area contributed by atoms with Crippen LogP contribution in [0.15, 0.2) is 59.8 Å². The Kier molecular flexibility index (Phi) is 5.93. The third kappa shape index (κ3) is 4.18. The SMILES string of the molecule is O=c1c2cc(Cc3ccc(N4CCOCC4)nc3)c3ccccc3c2ncn1[C@H]1CCOC[C@@H]1O. The predicted molar refractivity (Wildman–Crippen MR) is 134 cm³/mol. The van der Waals surface area contributed by atoms with E-state index < -0.39 is 6.10 Å². The lowest BCUT2D eigenvalue weighted by molar-refractivity contribution is -0.0395. The summed E-state index contributed by atoms with van der Waals surface area (Å²) in [5.41, 5.74) is 2.69. The number of morpholine rings is 1. The molecule has 0 amide bonds. The van der Waals surface area contributed by atoms with E-state index >= 15 is 0 Å². The summed E-state index contributed by atoms with van der Waals surface area (Å²) in [6.45, 7) is 3.89. The van der Waals surface area contributed by atoms with Crippen LogP contribution in [0.1, 0.15) is 23.6 Å². The van der Waals surface area contributed by atoms with E-state index in [2.05, 4.69) is 28.1 Å². The summed E-state index contributed by atoms with van der Waals surface area (Å²) in [6.07, 6.45) is 4.00. The highest BCUT2D eigenvalue weighted by Crippen LogP contribution is 2.29. The maximum Gasteiger partial charge on any atom is 0.261 e. The molecule has 2 aliphatic heterocycles. The van der Waals surface area contributed by atoms with Gasteiger partial charge in [0.15, 0.2) is 0 Å². The monoisotopic (exact) mass is 472 g/mol. The minimum absolute atomic E-state index is 0.131. The van der Waals surface area contributed by atoms with Crippen LogP contribution in [-0.4, -0.2) is 65.3 Å². The largest absolute Gasteiger partial charge is 0.389 e. The number of rotatable bonds is 4. The van der Waals surface area contributed by atoms with E-state index in [1.54, 1.807) is 10.9 Å². The molecule has 2 atom stereocenters. The summed E-state index contributed by atoms with van der Waals surface area (Å²) in [6, 6.07) is 13.9. The zero-order chi connectivity index (χ0) is 23.8. The Morgan fingerprint density at radius 2 is 1.80 bits per heavy atom. The van der Waals surface area contributed by atoms with Gasteiger partial charge in [-0.1, -0.05) is 30.3 Å². The van der Waals surface area contributed by atoms with Crippen LogP contribution in [-0.2, 0) is 15.9 Å². The second-order valence-electron chi connectivity index (χ2n) is 9.23. The average molecular weight is 473 g/mol. The standard InChI is InChI=1S/C27H28N4O4/c32-24-16-35-10-7-23(24)31-17-29-26-21-4-2-1-3-20(21)19(14-22(26)27(31)33)13-18-5-6-25(28-15-18)30-8-11-34-12-9-30/h1-6,14-15,17,23-24,32H,7-13,16H2/t23-,24-/m0/s1. The summed E-state index contributed by atoms with van der Waals surface area (Å²) >= 11 is 0. The van der Waals surface area contributed by atoms with Gasteiger partial charge >= 0.3 is 0 Å². The van der Waals surface area contributed by atoms with E-state index in [1.165, 1.54) is 0 Å². The molecule has 0 bridgehead atoms. The fourth-order valence-electron chi connectivity index (χ4n) is 5.19. The van der Waals surface area contributed by atoms with Crippen molar-refractivity contribution in [1.29, 1.82) is 0 Å². The van der Waals surface area contributed by atoms with Crippen LogP contribution in [0, 0.1) is 0 Å². The first-order valence-electron chi connectivity index (χ1n) is 12.1. The molecule has 4 heterocycles. The van der Waals surface area contributed by atoms with Crippen molar-refractivity contribution in [3.05, 3.63) is 76.5 Å². The Hall–Kier alpha value is -3.33. The van der Waals surface area contributed by atoms with E-state index in [4.69, 9.17) is 14.5 Å². The number of fused-ring (bicyclic) bond motifs is 3. The number of anilines is 1. The van der Waals surface area contributed by atoms with Crippen LogP contribution in [0.25, 0.3) is 21.7 Å². The van der Waals surface area contributed by atoms with Gasteiger partial charge in [0.05, 0.1) is 49.2 Å². The number of pyridine rings is 1. The maximum absolute atomic E-state index is 13.6. The summed E-state index contributed by atoms with van der Waals surface area (Å²) in [4.78, 5) is 25.2. The second-order valence-corrected chi connectivity index (χ2v) is 9.23.